The summed E-state index contributed by atoms with van der Waals surface area (Å²) in [6.07, 6.45) is -0.726. The predicted molar refractivity (Wildman–Crippen MR) is 96.6 cm³/mol. The van der Waals surface area contributed by atoms with Gasteiger partial charge >= 0.3 is 5.97 Å². The molecule has 3 rings (SSSR count). The number of ether oxygens (including phenoxy) is 2. The van der Waals surface area contributed by atoms with Crippen molar-refractivity contribution in [1.82, 2.24) is 10.2 Å². The Morgan fingerprint density at radius 2 is 1.81 bits per heavy atom. The van der Waals surface area contributed by atoms with Gasteiger partial charge < -0.3 is 13.9 Å². The first-order valence-electron chi connectivity index (χ1n) is 7.62. The fourth-order valence-corrected chi connectivity index (χ4v) is 2.45. The van der Waals surface area contributed by atoms with Crippen molar-refractivity contribution in [3.8, 4) is 17.2 Å². The van der Waals surface area contributed by atoms with Crippen LogP contribution in [0.25, 0.3) is 11.5 Å². The molecule has 0 fully saturated rings. The van der Waals surface area contributed by atoms with E-state index in [-0.39, 0.29) is 16.5 Å². The standard InChI is InChI=1S/C18H14Cl2N2O4/c1-10(25-18(23)12-5-8-14(19)15(20)9-12)16-21-22-17(26-16)11-3-6-13(24-2)7-4-11/h3-10H,1-2H3/t10-/m0/s1. The summed E-state index contributed by atoms with van der Waals surface area (Å²) < 4.78 is 16.1. The van der Waals surface area contributed by atoms with Gasteiger partial charge in [0.05, 0.1) is 22.7 Å². The van der Waals surface area contributed by atoms with Crippen LogP contribution in [0.3, 0.4) is 0 Å². The van der Waals surface area contributed by atoms with E-state index in [0.29, 0.717) is 10.9 Å². The highest BCUT2D eigenvalue weighted by atomic mass is 35.5. The second kappa shape index (κ2) is 7.76. The van der Waals surface area contributed by atoms with Crippen molar-refractivity contribution in [3.05, 3.63) is 64.0 Å². The fraction of sp³-hybridized carbons (Fsp3) is 0.167. The molecule has 0 radical (unpaired) electrons. The Balaban J connectivity index is 1.71. The zero-order chi connectivity index (χ0) is 18.7. The highest BCUT2D eigenvalue weighted by Gasteiger charge is 2.20. The van der Waals surface area contributed by atoms with Gasteiger partial charge in [-0.25, -0.2) is 4.79 Å². The lowest BCUT2D eigenvalue weighted by molar-refractivity contribution is 0.0280. The third kappa shape index (κ3) is 3.98. The SMILES string of the molecule is COc1ccc(-c2nnc([C@H](C)OC(=O)c3ccc(Cl)c(Cl)c3)o2)cc1. The largest absolute Gasteiger partial charge is 0.497 e. The lowest BCUT2D eigenvalue weighted by Crippen LogP contribution is -2.09. The maximum absolute atomic E-state index is 12.2. The van der Waals surface area contributed by atoms with Crippen LogP contribution in [0.5, 0.6) is 5.75 Å². The molecule has 26 heavy (non-hydrogen) atoms. The summed E-state index contributed by atoms with van der Waals surface area (Å²) in [5.74, 6) is 0.655. The van der Waals surface area contributed by atoms with Crippen LogP contribution in [0, 0.1) is 0 Å². The van der Waals surface area contributed by atoms with Gasteiger partial charge in [-0.2, -0.15) is 0 Å². The molecule has 134 valence electrons. The molecule has 0 aliphatic heterocycles. The topological polar surface area (TPSA) is 74.5 Å². The highest BCUT2D eigenvalue weighted by Crippen LogP contribution is 2.26. The molecule has 3 aromatic rings. The number of methoxy groups -OCH3 is 1. The quantitative estimate of drug-likeness (QED) is 0.570. The van der Waals surface area contributed by atoms with Crippen LogP contribution < -0.4 is 4.74 Å². The molecule has 0 aliphatic rings. The normalized spacial score (nSPS) is 11.8. The summed E-state index contributed by atoms with van der Waals surface area (Å²) in [6.45, 7) is 1.64. The molecule has 8 heteroatoms. The number of esters is 1. The van der Waals surface area contributed by atoms with Crippen LogP contribution in [0.1, 0.15) is 29.3 Å². The second-order valence-electron chi connectivity index (χ2n) is 5.35. The van der Waals surface area contributed by atoms with Crippen molar-refractivity contribution in [2.24, 2.45) is 0 Å². The Kier molecular flexibility index (Phi) is 5.44. The van der Waals surface area contributed by atoms with Crippen LogP contribution in [0.15, 0.2) is 46.9 Å². The first kappa shape index (κ1) is 18.2. The molecular formula is C18H14Cl2N2O4. The number of hydrogen-bond donors (Lipinski definition) is 0. The van der Waals surface area contributed by atoms with Crippen molar-refractivity contribution in [2.45, 2.75) is 13.0 Å². The van der Waals surface area contributed by atoms with E-state index < -0.39 is 12.1 Å². The number of benzene rings is 2. The van der Waals surface area contributed by atoms with Crippen LogP contribution in [0.2, 0.25) is 10.0 Å². The van der Waals surface area contributed by atoms with Gasteiger partial charge in [0.1, 0.15) is 5.75 Å². The van der Waals surface area contributed by atoms with Crippen molar-refractivity contribution >= 4 is 29.2 Å². The monoisotopic (exact) mass is 392 g/mol. The van der Waals surface area contributed by atoms with E-state index in [2.05, 4.69) is 10.2 Å². The molecular weight excluding hydrogens is 379 g/mol. The third-order valence-corrected chi connectivity index (χ3v) is 4.30. The number of aromatic nitrogens is 2. The van der Waals surface area contributed by atoms with E-state index in [4.69, 9.17) is 37.1 Å². The molecule has 6 nitrogen and oxygen atoms in total. The van der Waals surface area contributed by atoms with E-state index in [1.165, 1.54) is 18.2 Å². The van der Waals surface area contributed by atoms with Gasteiger partial charge in [-0.3, -0.25) is 0 Å². The lowest BCUT2D eigenvalue weighted by Gasteiger charge is -2.09. The minimum Gasteiger partial charge on any atom is -0.497 e. The summed E-state index contributed by atoms with van der Waals surface area (Å²) in [5.41, 5.74) is 1.01. The van der Waals surface area contributed by atoms with E-state index in [0.717, 1.165) is 11.3 Å². The number of halogens is 2. The maximum Gasteiger partial charge on any atom is 0.338 e. The minimum absolute atomic E-state index is 0.184. The third-order valence-electron chi connectivity index (χ3n) is 3.56. The van der Waals surface area contributed by atoms with Crippen LogP contribution in [0.4, 0.5) is 0 Å². The Labute approximate surface area is 159 Å². The maximum atomic E-state index is 12.2. The average Bonchev–Trinajstić information content (AvgIpc) is 3.14. The Hall–Kier alpha value is -2.57. The molecule has 1 aromatic heterocycles. The van der Waals surface area contributed by atoms with Crippen molar-refractivity contribution in [1.29, 1.82) is 0 Å². The number of hydrogen-bond acceptors (Lipinski definition) is 6. The van der Waals surface area contributed by atoms with Crippen molar-refractivity contribution in [2.75, 3.05) is 7.11 Å². The molecule has 0 saturated heterocycles. The van der Waals surface area contributed by atoms with E-state index >= 15 is 0 Å². The zero-order valence-electron chi connectivity index (χ0n) is 13.9. The van der Waals surface area contributed by atoms with Gasteiger partial charge in [-0.05, 0) is 49.4 Å². The van der Waals surface area contributed by atoms with Crippen molar-refractivity contribution in [3.63, 3.8) is 0 Å². The first-order chi connectivity index (χ1) is 12.5. The number of carbonyl (C=O) groups excluding carboxylic acids is 1. The molecule has 0 amide bonds. The molecule has 0 spiro atoms. The summed E-state index contributed by atoms with van der Waals surface area (Å²) in [6, 6.07) is 11.7. The van der Waals surface area contributed by atoms with E-state index in [9.17, 15) is 4.79 Å². The molecule has 2 aromatic carbocycles. The Morgan fingerprint density at radius 1 is 1.08 bits per heavy atom. The molecule has 0 bridgehead atoms. The van der Waals surface area contributed by atoms with Gasteiger partial charge in [0.2, 0.25) is 5.89 Å². The molecule has 0 N–H and O–H groups in total. The highest BCUT2D eigenvalue weighted by molar-refractivity contribution is 6.42. The molecule has 0 aliphatic carbocycles. The molecule has 0 unspecified atom stereocenters. The average molecular weight is 393 g/mol. The van der Waals surface area contributed by atoms with E-state index in [1.54, 1.807) is 38.3 Å². The molecule has 0 saturated carbocycles. The minimum atomic E-state index is -0.726. The summed E-state index contributed by atoms with van der Waals surface area (Å²) in [7, 11) is 1.59. The van der Waals surface area contributed by atoms with E-state index in [1.807, 2.05) is 0 Å². The molecule has 1 atom stereocenters. The number of nitrogens with zero attached hydrogens (tertiary/aromatic N) is 2. The number of rotatable bonds is 5. The van der Waals surface area contributed by atoms with Gasteiger partial charge in [-0.15, -0.1) is 10.2 Å². The van der Waals surface area contributed by atoms with Gasteiger partial charge in [0, 0.05) is 5.56 Å². The molecule has 1 heterocycles. The number of carbonyl (C=O) groups is 1. The lowest BCUT2D eigenvalue weighted by atomic mass is 10.2. The van der Waals surface area contributed by atoms with Crippen LogP contribution in [-0.2, 0) is 4.74 Å². The van der Waals surface area contributed by atoms with Crippen LogP contribution >= 0.6 is 23.2 Å². The summed E-state index contributed by atoms with van der Waals surface area (Å²) >= 11 is 11.8. The zero-order valence-corrected chi connectivity index (χ0v) is 15.4. The van der Waals surface area contributed by atoms with Gasteiger partial charge in [0.15, 0.2) is 6.10 Å². The van der Waals surface area contributed by atoms with Gasteiger partial charge in [-0.1, -0.05) is 23.2 Å². The smallest absolute Gasteiger partial charge is 0.338 e. The Morgan fingerprint density at radius 3 is 2.46 bits per heavy atom. The fourth-order valence-electron chi connectivity index (χ4n) is 2.15. The predicted octanol–water partition coefficient (Wildman–Crippen LogP) is 4.97. The van der Waals surface area contributed by atoms with Gasteiger partial charge in [0.25, 0.3) is 5.89 Å². The first-order valence-corrected chi connectivity index (χ1v) is 8.37. The summed E-state index contributed by atoms with van der Waals surface area (Å²) in [5, 5.41) is 8.55. The Bertz CT molecular complexity index is 925. The van der Waals surface area contributed by atoms with Crippen LogP contribution in [-0.4, -0.2) is 23.3 Å². The van der Waals surface area contributed by atoms with Crippen molar-refractivity contribution < 1.29 is 18.7 Å². The second-order valence-corrected chi connectivity index (χ2v) is 6.16. The summed E-state index contributed by atoms with van der Waals surface area (Å²) in [4.78, 5) is 12.2.